The van der Waals surface area contributed by atoms with Crippen molar-refractivity contribution in [1.29, 1.82) is 0 Å². The number of carbonyl (C=O) groups is 1. The van der Waals surface area contributed by atoms with E-state index in [9.17, 15) is 4.79 Å². The van der Waals surface area contributed by atoms with Crippen molar-refractivity contribution in [2.45, 2.75) is 290 Å². The molecule has 1 amide bonds. The lowest BCUT2D eigenvalue weighted by Crippen LogP contribution is -2.18. The lowest BCUT2D eigenvalue weighted by molar-refractivity contribution is 0.0961. The van der Waals surface area contributed by atoms with Gasteiger partial charge < -0.3 is 19.5 Å². The first-order valence-electron chi connectivity index (χ1n) is 29.4. The zero-order valence-electron chi connectivity index (χ0n) is 45.1. The summed E-state index contributed by atoms with van der Waals surface area (Å²) in [6.45, 7) is 8.69. The van der Waals surface area contributed by atoms with Gasteiger partial charge in [0.15, 0.2) is 11.5 Å². The summed E-state index contributed by atoms with van der Waals surface area (Å²) in [4.78, 5) is 12.9. The third kappa shape index (κ3) is 40.9. The predicted molar refractivity (Wildman–Crippen MR) is 295 cm³/mol. The van der Waals surface area contributed by atoms with Crippen molar-refractivity contribution in [1.82, 2.24) is 5.32 Å². The maximum Gasteiger partial charge on any atom is 0.251 e. The Labute approximate surface area is 417 Å². The molecule has 0 radical (unpaired) electrons. The molecule has 67 heavy (non-hydrogen) atoms. The highest BCUT2D eigenvalue weighted by Crippen LogP contribution is 2.40. The number of benzene rings is 1. The summed E-state index contributed by atoms with van der Waals surface area (Å²) >= 11 is 0. The molecule has 0 fully saturated rings. The lowest BCUT2D eigenvalue weighted by atomic mass is 10.1. The van der Waals surface area contributed by atoms with Crippen LogP contribution in [0.25, 0.3) is 0 Å². The molecule has 0 aliphatic heterocycles. The number of carbonyl (C=O) groups excluding carboxylic acids is 1. The van der Waals surface area contributed by atoms with Crippen LogP contribution in [0.15, 0.2) is 48.6 Å². The molecule has 0 aromatic heterocycles. The van der Waals surface area contributed by atoms with E-state index in [2.05, 4.69) is 62.5 Å². The molecule has 5 nitrogen and oxygen atoms in total. The van der Waals surface area contributed by atoms with Gasteiger partial charge in [0.05, 0.1) is 19.8 Å². The molecule has 1 rings (SSSR count). The summed E-state index contributed by atoms with van der Waals surface area (Å²) in [5, 5.41) is 2.81. The van der Waals surface area contributed by atoms with Crippen molar-refractivity contribution < 1.29 is 19.0 Å². The number of nitrogens with one attached hydrogen (secondary N) is 1. The molecule has 0 heterocycles. The molecule has 0 atom stereocenters. The summed E-state index contributed by atoms with van der Waals surface area (Å²) in [6.07, 6.45) is 68.2. The van der Waals surface area contributed by atoms with Crippen LogP contribution in [-0.4, -0.2) is 32.8 Å². The molecule has 0 bridgehead atoms. The molecule has 0 spiro atoms. The van der Waals surface area contributed by atoms with Crippen LogP contribution in [-0.2, 0) is 0 Å². The van der Waals surface area contributed by atoms with E-state index in [1.54, 1.807) is 7.05 Å². The Morgan fingerprint density at radius 2 is 0.597 bits per heavy atom. The molecule has 1 aromatic carbocycles. The number of ether oxygens (including phenoxy) is 3. The average molecular weight is 935 g/mol. The first kappa shape index (κ1) is 62.3. The van der Waals surface area contributed by atoms with Gasteiger partial charge in [0.2, 0.25) is 5.75 Å². The van der Waals surface area contributed by atoms with Crippen LogP contribution in [0.1, 0.15) is 301 Å². The first-order chi connectivity index (χ1) is 33.2. The molecule has 0 aliphatic carbocycles. The minimum Gasteiger partial charge on any atom is -0.490 e. The van der Waals surface area contributed by atoms with Crippen LogP contribution in [0.4, 0.5) is 0 Å². The van der Waals surface area contributed by atoms with Crippen LogP contribution in [0.2, 0.25) is 0 Å². The third-order valence-electron chi connectivity index (χ3n) is 13.2. The van der Waals surface area contributed by atoms with E-state index in [4.69, 9.17) is 14.2 Å². The summed E-state index contributed by atoms with van der Waals surface area (Å²) in [5.74, 6) is 1.79. The van der Waals surface area contributed by atoms with E-state index < -0.39 is 0 Å². The Bertz CT molecular complexity index is 1220. The van der Waals surface area contributed by atoms with E-state index in [0.29, 0.717) is 42.6 Å². The normalized spacial score (nSPS) is 11.8. The highest BCUT2D eigenvalue weighted by Gasteiger charge is 2.19. The van der Waals surface area contributed by atoms with Crippen molar-refractivity contribution in [2.24, 2.45) is 0 Å². The number of rotatable bonds is 52. The van der Waals surface area contributed by atoms with Crippen LogP contribution < -0.4 is 19.5 Å². The molecule has 388 valence electrons. The molecule has 0 saturated heterocycles. The van der Waals surface area contributed by atoms with Gasteiger partial charge in [0.25, 0.3) is 5.91 Å². The lowest BCUT2D eigenvalue weighted by Gasteiger charge is -2.19. The summed E-state index contributed by atoms with van der Waals surface area (Å²) in [5.41, 5.74) is 0.555. The molecule has 5 heteroatoms. The second kappa shape index (κ2) is 51.2. The van der Waals surface area contributed by atoms with E-state index in [-0.39, 0.29) is 5.91 Å². The Balaban J connectivity index is 2.57. The standard InChI is InChI=1S/C62H111NO4/c1-5-8-11-14-17-20-23-26-29-32-35-38-41-44-47-50-53-65-59-56-58(62(64)63-4)57-60(66-54-51-48-45-42-39-36-33-30-27-24-21-18-15-12-9-6-2)61(59)67-55-52-49-46-43-40-37-34-31-28-25-22-19-16-13-10-7-3/h26-31,56-57H,5-25,32-55H2,1-4H3,(H,63,64)/b29-26-,30-27-,31-28-. The Hall–Kier alpha value is -2.69. The van der Waals surface area contributed by atoms with Gasteiger partial charge >= 0.3 is 0 Å². The van der Waals surface area contributed by atoms with Gasteiger partial charge in [0, 0.05) is 12.6 Å². The van der Waals surface area contributed by atoms with Crippen molar-refractivity contribution >= 4 is 5.91 Å². The number of amides is 1. The van der Waals surface area contributed by atoms with Crippen molar-refractivity contribution in [3.05, 3.63) is 54.2 Å². The maximum atomic E-state index is 12.9. The van der Waals surface area contributed by atoms with Crippen molar-refractivity contribution in [3.63, 3.8) is 0 Å². The molecular formula is C62H111NO4. The Kier molecular flexibility index (Phi) is 47.6. The summed E-state index contributed by atoms with van der Waals surface area (Å²) < 4.78 is 19.4. The molecule has 1 N–H and O–H groups in total. The summed E-state index contributed by atoms with van der Waals surface area (Å²) in [7, 11) is 1.68. The number of unbranched alkanes of at least 4 members (excludes halogenated alkanes) is 36. The SMILES string of the molecule is CCCCCCCC/C=C\CCCCCCCCOc1cc(C(=O)NC)cc(OCCCCCCCC/C=C\CCCCCCCC)c1OCCCCCCCC/C=C\CCCCCCCC. The second-order valence-electron chi connectivity index (χ2n) is 19.7. The maximum absolute atomic E-state index is 12.9. The molecule has 0 aliphatic rings. The van der Waals surface area contributed by atoms with E-state index in [1.807, 2.05) is 12.1 Å². The highest BCUT2D eigenvalue weighted by molar-refractivity contribution is 5.95. The summed E-state index contributed by atoms with van der Waals surface area (Å²) in [6, 6.07) is 3.71. The van der Waals surface area contributed by atoms with Crippen LogP contribution in [0, 0.1) is 0 Å². The monoisotopic (exact) mass is 934 g/mol. The van der Waals surface area contributed by atoms with Gasteiger partial charge in [-0.05, 0) is 108 Å². The smallest absolute Gasteiger partial charge is 0.251 e. The quantitative estimate of drug-likeness (QED) is 0.0522. The van der Waals surface area contributed by atoms with Gasteiger partial charge in [-0.25, -0.2) is 0 Å². The average Bonchev–Trinajstić information content (AvgIpc) is 3.34. The third-order valence-corrected chi connectivity index (χ3v) is 13.2. The van der Waals surface area contributed by atoms with Crippen molar-refractivity contribution in [2.75, 3.05) is 26.9 Å². The van der Waals surface area contributed by atoms with Crippen LogP contribution in [0.3, 0.4) is 0 Å². The van der Waals surface area contributed by atoms with E-state index in [0.717, 1.165) is 38.5 Å². The first-order valence-corrected chi connectivity index (χ1v) is 29.4. The fourth-order valence-corrected chi connectivity index (χ4v) is 8.80. The van der Waals surface area contributed by atoms with Gasteiger partial charge in [-0.15, -0.1) is 0 Å². The van der Waals surface area contributed by atoms with Gasteiger partial charge in [-0.2, -0.15) is 0 Å². The largest absolute Gasteiger partial charge is 0.490 e. The second-order valence-corrected chi connectivity index (χ2v) is 19.7. The number of hydrogen-bond donors (Lipinski definition) is 1. The molecular weight excluding hydrogens is 823 g/mol. The zero-order chi connectivity index (χ0) is 48.2. The molecule has 0 unspecified atom stereocenters. The zero-order valence-corrected chi connectivity index (χ0v) is 45.1. The topological polar surface area (TPSA) is 56.8 Å². The Morgan fingerprint density at radius 3 is 0.866 bits per heavy atom. The number of allylic oxidation sites excluding steroid dienone is 6. The minimum absolute atomic E-state index is 0.135. The minimum atomic E-state index is -0.135. The van der Waals surface area contributed by atoms with Gasteiger partial charge in [-0.3, -0.25) is 4.79 Å². The Morgan fingerprint density at radius 1 is 0.358 bits per heavy atom. The fraction of sp³-hybridized carbons (Fsp3) is 0.790. The van der Waals surface area contributed by atoms with Crippen LogP contribution in [0.5, 0.6) is 17.2 Å². The van der Waals surface area contributed by atoms with Crippen molar-refractivity contribution in [3.8, 4) is 17.2 Å². The highest BCUT2D eigenvalue weighted by atomic mass is 16.5. The molecule has 0 saturated carbocycles. The fourth-order valence-electron chi connectivity index (χ4n) is 8.80. The number of hydrogen-bond acceptors (Lipinski definition) is 4. The molecule has 1 aromatic rings. The van der Waals surface area contributed by atoms with E-state index in [1.165, 1.54) is 231 Å². The van der Waals surface area contributed by atoms with Gasteiger partial charge in [0.1, 0.15) is 0 Å². The predicted octanol–water partition coefficient (Wildman–Crippen LogP) is 20.3. The van der Waals surface area contributed by atoms with E-state index >= 15 is 0 Å². The van der Waals surface area contributed by atoms with Gasteiger partial charge in [-0.1, -0.05) is 231 Å². The van der Waals surface area contributed by atoms with Crippen LogP contribution >= 0.6 is 0 Å².